The van der Waals surface area contributed by atoms with Crippen molar-refractivity contribution in [3.63, 3.8) is 0 Å². The number of benzene rings is 2. The standard InChI is InChI=1S/C19H20ClFN2O/c20-17-12-16(6-7-18(17)21)22-19(24)15-8-10-23(11-9-15)13-14-4-2-1-3-5-14/h1-7,12,15H,8-11,13H2,(H,22,24). The molecule has 1 aliphatic rings. The molecule has 1 aliphatic heterocycles. The molecule has 0 spiro atoms. The number of rotatable bonds is 4. The summed E-state index contributed by atoms with van der Waals surface area (Å²) in [5.41, 5.74) is 1.83. The van der Waals surface area contributed by atoms with E-state index in [4.69, 9.17) is 11.6 Å². The zero-order chi connectivity index (χ0) is 16.9. The highest BCUT2D eigenvalue weighted by Crippen LogP contribution is 2.23. The van der Waals surface area contributed by atoms with Crippen molar-refractivity contribution in [2.75, 3.05) is 18.4 Å². The minimum Gasteiger partial charge on any atom is -0.326 e. The van der Waals surface area contributed by atoms with Gasteiger partial charge in [-0.05, 0) is 49.7 Å². The van der Waals surface area contributed by atoms with Crippen molar-refractivity contribution in [2.45, 2.75) is 19.4 Å². The molecule has 3 nitrogen and oxygen atoms in total. The summed E-state index contributed by atoms with van der Waals surface area (Å²) in [5, 5.41) is 2.85. The molecule has 2 aromatic carbocycles. The van der Waals surface area contributed by atoms with Gasteiger partial charge in [0, 0.05) is 18.2 Å². The van der Waals surface area contributed by atoms with Crippen LogP contribution in [0.5, 0.6) is 0 Å². The first-order valence-electron chi connectivity index (χ1n) is 8.14. The summed E-state index contributed by atoms with van der Waals surface area (Å²) < 4.78 is 13.2. The Balaban J connectivity index is 1.50. The van der Waals surface area contributed by atoms with Gasteiger partial charge in [-0.2, -0.15) is 0 Å². The normalized spacial score (nSPS) is 16.1. The van der Waals surface area contributed by atoms with Gasteiger partial charge in [-0.25, -0.2) is 4.39 Å². The lowest BCUT2D eigenvalue weighted by molar-refractivity contribution is -0.121. The summed E-state index contributed by atoms with van der Waals surface area (Å²) >= 11 is 5.75. The van der Waals surface area contributed by atoms with Crippen molar-refractivity contribution in [1.82, 2.24) is 4.90 Å². The van der Waals surface area contributed by atoms with Crippen molar-refractivity contribution >= 4 is 23.2 Å². The number of hydrogen-bond acceptors (Lipinski definition) is 2. The lowest BCUT2D eigenvalue weighted by atomic mass is 9.95. The molecule has 1 fully saturated rings. The van der Waals surface area contributed by atoms with Gasteiger partial charge in [0.25, 0.3) is 0 Å². The second kappa shape index (κ2) is 7.77. The summed E-state index contributed by atoms with van der Waals surface area (Å²) in [6, 6.07) is 14.6. The van der Waals surface area contributed by atoms with E-state index in [0.29, 0.717) is 5.69 Å². The van der Waals surface area contributed by atoms with Crippen molar-refractivity contribution in [3.05, 3.63) is 64.9 Å². The van der Waals surface area contributed by atoms with Crippen molar-refractivity contribution in [1.29, 1.82) is 0 Å². The highest BCUT2D eigenvalue weighted by Gasteiger charge is 2.25. The first kappa shape index (κ1) is 16.9. The molecule has 1 N–H and O–H groups in total. The molecule has 5 heteroatoms. The predicted octanol–water partition coefficient (Wildman–Crippen LogP) is 4.33. The number of halogens is 2. The molecule has 1 saturated heterocycles. The Kier molecular flexibility index (Phi) is 5.48. The minimum atomic E-state index is -0.483. The zero-order valence-corrected chi connectivity index (χ0v) is 14.1. The number of nitrogens with zero attached hydrogens (tertiary/aromatic N) is 1. The smallest absolute Gasteiger partial charge is 0.227 e. The molecule has 3 rings (SSSR count). The maximum Gasteiger partial charge on any atom is 0.227 e. The molecule has 126 valence electrons. The lowest BCUT2D eigenvalue weighted by Gasteiger charge is -2.31. The predicted molar refractivity (Wildman–Crippen MR) is 94.5 cm³/mol. The third kappa shape index (κ3) is 4.34. The Labute approximate surface area is 146 Å². The highest BCUT2D eigenvalue weighted by atomic mass is 35.5. The van der Waals surface area contributed by atoms with Crippen LogP contribution in [0.25, 0.3) is 0 Å². The number of amides is 1. The third-order valence-electron chi connectivity index (χ3n) is 4.39. The van der Waals surface area contributed by atoms with Gasteiger partial charge in [0.15, 0.2) is 0 Å². The summed E-state index contributed by atoms with van der Waals surface area (Å²) in [5.74, 6) is -0.512. The zero-order valence-electron chi connectivity index (χ0n) is 13.3. The van der Waals surface area contributed by atoms with Crippen LogP contribution in [0, 0.1) is 11.7 Å². The molecular weight excluding hydrogens is 327 g/mol. The van der Waals surface area contributed by atoms with Crippen LogP contribution in [0.1, 0.15) is 18.4 Å². The highest BCUT2D eigenvalue weighted by molar-refractivity contribution is 6.31. The monoisotopic (exact) mass is 346 g/mol. The lowest BCUT2D eigenvalue weighted by Crippen LogP contribution is -2.37. The Morgan fingerprint density at radius 3 is 2.54 bits per heavy atom. The Bertz CT molecular complexity index is 700. The molecule has 0 unspecified atom stereocenters. The van der Waals surface area contributed by atoms with E-state index in [-0.39, 0.29) is 16.8 Å². The van der Waals surface area contributed by atoms with Gasteiger partial charge in [-0.15, -0.1) is 0 Å². The van der Waals surface area contributed by atoms with Crippen LogP contribution >= 0.6 is 11.6 Å². The fourth-order valence-corrected chi connectivity index (χ4v) is 3.19. The molecule has 0 aliphatic carbocycles. The Hall–Kier alpha value is -1.91. The molecule has 24 heavy (non-hydrogen) atoms. The maximum absolute atomic E-state index is 13.2. The second-order valence-corrected chi connectivity index (χ2v) is 6.56. The van der Waals surface area contributed by atoms with Gasteiger partial charge in [0.1, 0.15) is 5.82 Å². The second-order valence-electron chi connectivity index (χ2n) is 6.15. The molecule has 0 radical (unpaired) electrons. The van der Waals surface area contributed by atoms with Crippen LogP contribution in [-0.4, -0.2) is 23.9 Å². The summed E-state index contributed by atoms with van der Waals surface area (Å²) in [6.07, 6.45) is 1.65. The van der Waals surface area contributed by atoms with Gasteiger partial charge >= 0.3 is 0 Å². The fraction of sp³-hybridized carbons (Fsp3) is 0.316. The number of hydrogen-bond donors (Lipinski definition) is 1. The first-order chi connectivity index (χ1) is 11.6. The van der Waals surface area contributed by atoms with Gasteiger partial charge in [-0.3, -0.25) is 9.69 Å². The SMILES string of the molecule is O=C(Nc1ccc(F)c(Cl)c1)C1CCN(Cc2ccccc2)CC1. The van der Waals surface area contributed by atoms with Gasteiger partial charge in [0.05, 0.1) is 5.02 Å². The molecule has 2 aromatic rings. The molecule has 1 heterocycles. The fourth-order valence-electron chi connectivity index (χ4n) is 3.01. The Morgan fingerprint density at radius 1 is 1.17 bits per heavy atom. The van der Waals surface area contributed by atoms with Crippen molar-refractivity contribution in [2.24, 2.45) is 5.92 Å². The van der Waals surface area contributed by atoms with E-state index in [1.54, 1.807) is 0 Å². The van der Waals surface area contributed by atoms with E-state index in [0.717, 1.165) is 32.5 Å². The summed E-state index contributed by atoms with van der Waals surface area (Å²) in [7, 11) is 0. The minimum absolute atomic E-state index is 0.0131. The van der Waals surface area contributed by atoms with Gasteiger partial charge in [-0.1, -0.05) is 41.9 Å². The number of piperidine rings is 1. The van der Waals surface area contributed by atoms with Gasteiger partial charge < -0.3 is 5.32 Å². The average Bonchev–Trinajstić information content (AvgIpc) is 2.60. The van der Waals surface area contributed by atoms with E-state index < -0.39 is 5.82 Å². The number of likely N-dealkylation sites (tertiary alicyclic amines) is 1. The Morgan fingerprint density at radius 2 is 1.88 bits per heavy atom. The van der Waals surface area contributed by atoms with E-state index in [2.05, 4.69) is 22.3 Å². The number of anilines is 1. The van der Waals surface area contributed by atoms with E-state index in [1.165, 1.54) is 23.8 Å². The number of nitrogens with one attached hydrogen (secondary N) is 1. The number of carbonyl (C=O) groups is 1. The van der Waals surface area contributed by atoms with Crippen LogP contribution in [0.3, 0.4) is 0 Å². The maximum atomic E-state index is 13.2. The van der Waals surface area contributed by atoms with Crippen LogP contribution in [0.4, 0.5) is 10.1 Å². The average molecular weight is 347 g/mol. The van der Waals surface area contributed by atoms with Crippen LogP contribution in [0.2, 0.25) is 5.02 Å². The topological polar surface area (TPSA) is 32.3 Å². The molecule has 0 saturated carbocycles. The molecule has 0 atom stereocenters. The quantitative estimate of drug-likeness (QED) is 0.893. The van der Waals surface area contributed by atoms with E-state index >= 15 is 0 Å². The van der Waals surface area contributed by atoms with Crippen LogP contribution < -0.4 is 5.32 Å². The van der Waals surface area contributed by atoms with Crippen molar-refractivity contribution in [3.8, 4) is 0 Å². The van der Waals surface area contributed by atoms with E-state index in [1.807, 2.05) is 18.2 Å². The summed E-state index contributed by atoms with van der Waals surface area (Å²) in [4.78, 5) is 14.7. The number of carbonyl (C=O) groups excluding carboxylic acids is 1. The summed E-state index contributed by atoms with van der Waals surface area (Å²) in [6.45, 7) is 2.72. The molecule has 1 amide bonds. The molecular formula is C19H20ClFN2O. The van der Waals surface area contributed by atoms with E-state index in [9.17, 15) is 9.18 Å². The first-order valence-corrected chi connectivity index (χ1v) is 8.52. The third-order valence-corrected chi connectivity index (χ3v) is 4.68. The molecule has 0 aromatic heterocycles. The molecule has 0 bridgehead atoms. The van der Waals surface area contributed by atoms with Crippen LogP contribution in [0.15, 0.2) is 48.5 Å². The largest absolute Gasteiger partial charge is 0.326 e. The van der Waals surface area contributed by atoms with Crippen LogP contribution in [-0.2, 0) is 11.3 Å². The van der Waals surface area contributed by atoms with Gasteiger partial charge in [0.2, 0.25) is 5.91 Å². The van der Waals surface area contributed by atoms with Crippen molar-refractivity contribution < 1.29 is 9.18 Å².